The molecule has 1 aliphatic carbocycles. The number of likely N-dealkylation sites (N-methyl/N-ethyl adjacent to an activating group) is 1. The molecule has 2 aromatic rings. The second-order valence-corrected chi connectivity index (χ2v) is 5.40. The van der Waals surface area contributed by atoms with Gasteiger partial charge in [0.1, 0.15) is 5.75 Å². The number of hydrogen-bond acceptors (Lipinski definition) is 3. The van der Waals surface area contributed by atoms with Crippen LogP contribution in [0.5, 0.6) is 5.75 Å². The van der Waals surface area contributed by atoms with Gasteiger partial charge in [0.05, 0.1) is 0 Å². The second kappa shape index (κ2) is 5.64. The molecule has 4 heteroatoms. The lowest BCUT2D eigenvalue weighted by molar-refractivity contribution is -0.133. The van der Waals surface area contributed by atoms with Crippen LogP contribution in [-0.4, -0.2) is 30.0 Å². The average Bonchev–Trinajstić information content (AvgIpc) is 3.32. The fourth-order valence-corrected chi connectivity index (χ4v) is 2.67. The van der Waals surface area contributed by atoms with Crippen LogP contribution in [0.25, 0.3) is 10.8 Å². The lowest BCUT2D eigenvalue weighted by Crippen LogP contribution is -2.36. The molecule has 0 unspecified atom stereocenters. The summed E-state index contributed by atoms with van der Waals surface area (Å²) in [5.41, 5.74) is 6.69. The van der Waals surface area contributed by atoms with E-state index in [1.807, 2.05) is 48.2 Å². The largest absolute Gasteiger partial charge is 0.483 e. The highest BCUT2D eigenvalue weighted by molar-refractivity contribution is 5.97. The van der Waals surface area contributed by atoms with Gasteiger partial charge in [-0.2, -0.15) is 0 Å². The molecule has 3 rings (SSSR count). The maximum atomic E-state index is 12.2. The van der Waals surface area contributed by atoms with Crippen molar-refractivity contribution in [3.63, 3.8) is 0 Å². The summed E-state index contributed by atoms with van der Waals surface area (Å²) in [6, 6.07) is 11.9. The SMILES string of the molecule is CCN(C(=O)COc1ccc(N)c2ccccc12)C1CC1. The number of carbonyl (C=O) groups excluding carboxylic acids is 1. The van der Waals surface area contributed by atoms with Crippen molar-refractivity contribution in [2.45, 2.75) is 25.8 Å². The predicted octanol–water partition coefficient (Wildman–Crippen LogP) is 2.81. The minimum atomic E-state index is 0.0564. The molecule has 0 spiro atoms. The Morgan fingerprint density at radius 3 is 2.62 bits per heavy atom. The zero-order valence-corrected chi connectivity index (χ0v) is 12.2. The van der Waals surface area contributed by atoms with Gasteiger partial charge in [-0.3, -0.25) is 4.79 Å². The number of nitrogen functional groups attached to an aromatic ring is 1. The van der Waals surface area contributed by atoms with Gasteiger partial charge in [-0.1, -0.05) is 24.3 Å². The molecular weight excluding hydrogens is 264 g/mol. The van der Waals surface area contributed by atoms with E-state index >= 15 is 0 Å². The third-order valence-electron chi connectivity index (χ3n) is 3.92. The highest BCUT2D eigenvalue weighted by Gasteiger charge is 2.31. The number of ether oxygens (including phenoxy) is 1. The fourth-order valence-electron chi connectivity index (χ4n) is 2.67. The van der Waals surface area contributed by atoms with Gasteiger partial charge in [0.2, 0.25) is 0 Å². The Hall–Kier alpha value is -2.23. The van der Waals surface area contributed by atoms with Crippen molar-refractivity contribution >= 4 is 22.4 Å². The standard InChI is InChI=1S/C17H20N2O2/c1-2-19(12-7-8-12)17(20)11-21-16-10-9-15(18)13-5-3-4-6-14(13)16/h3-6,9-10,12H,2,7-8,11,18H2,1H3. The van der Waals surface area contributed by atoms with Crippen molar-refractivity contribution in [1.29, 1.82) is 0 Å². The van der Waals surface area contributed by atoms with E-state index in [0.717, 1.165) is 35.8 Å². The van der Waals surface area contributed by atoms with Crippen LogP contribution in [0.2, 0.25) is 0 Å². The summed E-state index contributed by atoms with van der Waals surface area (Å²) < 4.78 is 5.75. The molecule has 1 aliphatic rings. The number of amides is 1. The van der Waals surface area contributed by atoms with E-state index in [2.05, 4.69) is 0 Å². The first-order valence-electron chi connectivity index (χ1n) is 7.40. The summed E-state index contributed by atoms with van der Waals surface area (Å²) >= 11 is 0. The number of nitrogens with two attached hydrogens (primary N) is 1. The first-order valence-corrected chi connectivity index (χ1v) is 7.40. The van der Waals surface area contributed by atoms with E-state index in [1.165, 1.54) is 0 Å². The number of hydrogen-bond donors (Lipinski definition) is 1. The molecule has 0 heterocycles. The number of anilines is 1. The van der Waals surface area contributed by atoms with Crippen molar-refractivity contribution in [3.8, 4) is 5.75 Å². The molecule has 2 N–H and O–H groups in total. The Morgan fingerprint density at radius 2 is 1.95 bits per heavy atom. The highest BCUT2D eigenvalue weighted by atomic mass is 16.5. The van der Waals surface area contributed by atoms with Crippen LogP contribution in [0.1, 0.15) is 19.8 Å². The van der Waals surface area contributed by atoms with Gasteiger partial charge in [0, 0.05) is 29.0 Å². The molecule has 2 aromatic carbocycles. The average molecular weight is 284 g/mol. The number of fused-ring (bicyclic) bond motifs is 1. The predicted molar refractivity (Wildman–Crippen MR) is 84.3 cm³/mol. The third-order valence-corrected chi connectivity index (χ3v) is 3.92. The quantitative estimate of drug-likeness (QED) is 0.859. The highest BCUT2D eigenvalue weighted by Crippen LogP contribution is 2.30. The molecule has 21 heavy (non-hydrogen) atoms. The van der Waals surface area contributed by atoms with E-state index in [0.29, 0.717) is 11.8 Å². The van der Waals surface area contributed by atoms with E-state index in [4.69, 9.17) is 10.5 Å². The molecule has 0 radical (unpaired) electrons. The van der Waals surface area contributed by atoms with Crippen LogP contribution in [0.3, 0.4) is 0 Å². The summed E-state index contributed by atoms with van der Waals surface area (Å²) in [6.07, 6.45) is 2.23. The Kier molecular flexibility index (Phi) is 3.69. The maximum absolute atomic E-state index is 12.2. The van der Waals surface area contributed by atoms with Crippen LogP contribution in [-0.2, 0) is 4.79 Å². The van der Waals surface area contributed by atoms with Crippen molar-refractivity contribution in [3.05, 3.63) is 36.4 Å². The minimum Gasteiger partial charge on any atom is -0.483 e. The number of rotatable bonds is 5. The molecule has 4 nitrogen and oxygen atoms in total. The normalized spacial score (nSPS) is 14.1. The van der Waals surface area contributed by atoms with Gasteiger partial charge in [-0.05, 0) is 31.9 Å². The summed E-state index contributed by atoms with van der Waals surface area (Å²) in [4.78, 5) is 14.1. The molecular formula is C17H20N2O2. The lowest BCUT2D eigenvalue weighted by Gasteiger charge is -2.20. The van der Waals surface area contributed by atoms with Crippen LogP contribution < -0.4 is 10.5 Å². The van der Waals surface area contributed by atoms with Crippen LogP contribution in [0.15, 0.2) is 36.4 Å². The summed E-state index contributed by atoms with van der Waals surface area (Å²) in [6.45, 7) is 2.84. The number of nitrogens with zero attached hydrogens (tertiary/aromatic N) is 1. The van der Waals surface area contributed by atoms with Crippen molar-refractivity contribution in [1.82, 2.24) is 4.90 Å². The van der Waals surface area contributed by atoms with Crippen molar-refractivity contribution in [2.75, 3.05) is 18.9 Å². The van der Waals surface area contributed by atoms with Crippen molar-refractivity contribution < 1.29 is 9.53 Å². The summed E-state index contributed by atoms with van der Waals surface area (Å²) in [7, 11) is 0. The topological polar surface area (TPSA) is 55.6 Å². The van der Waals surface area contributed by atoms with Gasteiger partial charge in [-0.25, -0.2) is 0 Å². The zero-order valence-electron chi connectivity index (χ0n) is 12.2. The Morgan fingerprint density at radius 1 is 1.24 bits per heavy atom. The van der Waals surface area contributed by atoms with Crippen molar-refractivity contribution in [2.24, 2.45) is 0 Å². The van der Waals surface area contributed by atoms with E-state index in [1.54, 1.807) is 0 Å². The molecule has 1 amide bonds. The van der Waals surface area contributed by atoms with Gasteiger partial charge >= 0.3 is 0 Å². The smallest absolute Gasteiger partial charge is 0.260 e. The minimum absolute atomic E-state index is 0.0564. The Bertz CT molecular complexity index is 665. The zero-order chi connectivity index (χ0) is 14.8. The summed E-state index contributed by atoms with van der Waals surface area (Å²) in [5, 5.41) is 1.90. The fraction of sp³-hybridized carbons (Fsp3) is 0.353. The third kappa shape index (κ3) is 2.79. The first kappa shape index (κ1) is 13.7. The Balaban J connectivity index is 1.76. The molecule has 0 atom stereocenters. The van der Waals surface area contributed by atoms with Gasteiger partial charge in [0.15, 0.2) is 6.61 Å². The maximum Gasteiger partial charge on any atom is 0.260 e. The van der Waals surface area contributed by atoms with Gasteiger partial charge in [0.25, 0.3) is 5.91 Å². The molecule has 0 bridgehead atoms. The van der Waals surface area contributed by atoms with Crippen LogP contribution in [0, 0.1) is 0 Å². The van der Waals surface area contributed by atoms with Crippen LogP contribution >= 0.6 is 0 Å². The molecule has 1 fully saturated rings. The van der Waals surface area contributed by atoms with E-state index in [9.17, 15) is 4.79 Å². The van der Waals surface area contributed by atoms with Crippen LogP contribution in [0.4, 0.5) is 5.69 Å². The molecule has 110 valence electrons. The molecule has 0 saturated heterocycles. The second-order valence-electron chi connectivity index (χ2n) is 5.40. The van der Waals surface area contributed by atoms with E-state index in [-0.39, 0.29) is 12.5 Å². The van der Waals surface area contributed by atoms with E-state index < -0.39 is 0 Å². The molecule has 0 aromatic heterocycles. The van der Waals surface area contributed by atoms with Gasteiger partial charge in [-0.15, -0.1) is 0 Å². The summed E-state index contributed by atoms with van der Waals surface area (Å²) in [5.74, 6) is 0.765. The molecule has 1 saturated carbocycles. The Labute approximate surface area is 124 Å². The molecule has 0 aliphatic heterocycles. The van der Waals surface area contributed by atoms with Gasteiger partial charge < -0.3 is 15.4 Å². The monoisotopic (exact) mass is 284 g/mol. The first-order chi connectivity index (χ1) is 10.2. The number of benzene rings is 2. The number of carbonyl (C=O) groups is 1. The lowest BCUT2D eigenvalue weighted by atomic mass is 10.1.